The summed E-state index contributed by atoms with van der Waals surface area (Å²) in [5.41, 5.74) is 6.35. The van der Waals surface area contributed by atoms with Gasteiger partial charge in [0.15, 0.2) is 0 Å². The summed E-state index contributed by atoms with van der Waals surface area (Å²) in [6, 6.07) is 3.62. The van der Waals surface area contributed by atoms with Crippen LogP contribution in [0, 0.1) is 5.92 Å². The molecule has 1 aliphatic heterocycles. The maximum Gasteiger partial charge on any atom is 0.237 e. The first kappa shape index (κ1) is 10.2. The van der Waals surface area contributed by atoms with Gasteiger partial charge in [-0.3, -0.25) is 0 Å². The van der Waals surface area contributed by atoms with Crippen LogP contribution >= 0.6 is 0 Å². The molecule has 4 nitrogen and oxygen atoms in total. The monoisotopic (exact) mass is 207 g/mol. The van der Waals surface area contributed by atoms with E-state index in [9.17, 15) is 0 Å². The van der Waals surface area contributed by atoms with E-state index in [-0.39, 0.29) is 0 Å². The van der Waals surface area contributed by atoms with Gasteiger partial charge < -0.3 is 15.8 Å². The average molecular weight is 207 g/mol. The Balaban J connectivity index is 1.84. The number of nitrogen functional groups attached to an aromatic ring is 1. The summed E-state index contributed by atoms with van der Waals surface area (Å²) in [6.45, 7) is 2.86. The second kappa shape index (κ2) is 4.98. The molecule has 1 aromatic heterocycles. The summed E-state index contributed by atoms with van der Waals surface area (Å²) in [6.07, 6.45) is 4.15. The van der Waals surface area contributed by atoms with Crippen LogP contribution in [-0.2, 0) is 0 Å². The molecule has 82 valence electrons. The first-order chi connectivity index (χ1) is 7.36. The Morgan fingerprint density at radius 1 is 1.60 bits per heavy atom. The Bertz CT molecular complexity index is 310. The Morgan fingerprint density at radius 2 is 2.53 bits per heavy atom. The lowest BCUT2D eigenvalue weighted by Gasteiger charge is -2.22. The third-order valence-corrected chi connectivity index (χ3v) is 2.66. The van der Waals surface area contributed by atoms with E-state index in [0.717, 1.165) is 13.1 Å². The fraction of sp³-hybridized carbons (Fsp3) is 0.545. The van der Waals surface area contributed by atoms with Crippen molar-refractivity contribution in [2.75, 3.05) is 25.4 Å². The normalized spacial score (nSPS) is 21.2. The Morgan fingerprint density at radius 3 is 3.27 bits per heavy atom. The van der Waals surface area contributed by atoms with Crippen LogP contribution in [0.25, 0.3) is 0 Å². The van der Waals surface area contributed by atoms with Crippen molar-refractivity contribution in [3.63, 3.8) is 0 Å². The number of piperidine rings is 1. The largest absolute Gasteiger partial charge is 0.476 e. The molecule has 3 N–H and O–H groups in total. The molecule has 1 atom stereocenters. The van der Waals surface area contributed by atoms with Crippen molar-refractivity contribution in [2.24, 2.45) is 5.92 Å². The van der Waals surface area contributed by atoms with E-state index in [4.69, 9.17) is 10.5 Å². The number of rotatable bonds is 3. The minimum absolute atomic E-state index is 0.558. The summed E-state index contributed by atoms with van der Waals surface area (Å²) in [7, 11) is 0. The molecule has 1 fully saturated rings. The van der Waals surface area contributed by atoms with E-state index >= 15 is 0 Å². The molecule has 0 aliphatic carbocycles. The van der Waals surface area contributed by atoms with Crippen LogP contribution in [-0.4, -0.2) is 24.7 Å². The maximum atomic E-state index is 5.73. The first-order valence-corrected chi connectivity index (χ1v) is 5.40. The van der Waals surface area contributed by atoms with Gasteiger partial charge in [0.2, 0.25) is 5.88 Å². The Labute approximate surface area is 89.8 Å². The molecule has 2 heterocycles. The zero-order valence-corrected chi connectivity index (χ0v) is 8.78. The standard InChI is InChI=1S/C11H17N3O/c12-10-4-2-6-14-11(10)15-8-9-3-1-5-13-7-9/h2,4,6,9,13H,1,3,5,7-8,12H2. The van der Waals surface area contributed by atoms with Crippen molar-refractivity contribution in [3.05, 3.63) is 18.3 Å². The molecule has 0 spiro atoms. The van der Waals surface area contributed by atoms with Crippen molar-refractivity contribution in [1.82, 2.24) is 10.3 Å². The molecule has 2 rings (SSSR count). The smallest absolute Gasteiger partial charge is 0.237 e. The highest BCUT2D eigenvalue weighted by molar-refractivity contribution is 5.46. The average Bonchev–Trinajstić information content (AvgIpc) is 2.29. The third kappa shape index (κ3) is 2.83. The van der Waals surface area contributed by atoms with Crippen molar-refractivity contribution in [2.45, 2.75) is 12.8 Å². The zero-order chi connectivity index (χ0) is 10.5. The van der Waals surface area contributed by atoms with Gasteiger partial charge in [-0.2, -0.15) is 0 Å². The fourth-order valence-corrected chi connectivity index (χ4v) is 1.79. The highest BCUT2D eigenvalue weighted by Gasteiger charge is 2.14. The highest BCUT2D eigenvalue weighted by atomic mass is 16.5. The zero-order valence-electron chi connectivity index (χ0n) is 8.78. The molecule has 1 unspecified atom stereocenters. The van der Waals surface area contributed by atoms with E-state index in [1.54, 1.807) is 12.3 Å². The van der Waals surface area contributed by atoms with Crippen LogP contribution in [0.15, 0.2) is 18.3 Å². The Hall–Kier alpha value is -1.29. The van der Waals surface area contributed by atoms with Gasteiger partial charge in [0.1, 0.15) is 0 Å². The Kier molecular flexibility index (Phi) is 3.40. The molecular weight excluding hydrogens is 190 g/mol. The van der Waals surface area contributed by atoms with E-state index < -0.39 is 0 Å². The van der Waals surface area contributed by atoms with Gasteiger partial charge >= 0.3 is 0 Å². The molecule has 15 heavy (non-hydrogen) atoms. The lowest BCUT2D eigenvalue weighted by Crippen LogP contribution is -2.33. The molecule has 4 heteroatoms. The van der Waals surface area contributed by atoms with Crippen molar-refractivity contribution < 1.29 is 4.74 Å². The summed E-state index contributed by atoms with van der Waals surface area (Å²) in [4.78, 5) is 4.10. The van der Waals surface area contributed by atoms with Crippen LogP contribution in [0.1, 0.15) is 12.8 Å². The van der Waals surface area contributed by atoms with E-state index in [0.29, 0.717) is 24.1 Å². The van der Waals surface area contributed by atoms with Gasteiger partial charge in [0.05, 0.1) is 12.3 Å². The van der Waals surface area contributed by atoms with Crippen LogP contribution in [0.2, 0.25) is 0 Å². The number of anilines is 1. The number of hydrogen-bond donors (Lipinski definition) is 2. The van der Waals surface area contributed by atoms with Gasteiger partial charge in [-0.1, -0.05) is 0 Å². The number of nitrogens with one attached hydrogen (secondary N) is 1. The summed E-state index contributed by atoms with van der Waals surface area (Å²) >= 11 is 0. The number of hydrogen-bond acceptors (Lipinski definition) is 4. The maximum absolute atomic E-state index is 5.73. The van der Waals surface area contributed by atoms with Crippen molar-refractivity contribution >= 4 is 5.69 Å². The summed E-state index contributed by atoms with van der Waals surface area (Å²) in [5.74, 6) is 1.14. The number of nitrogens with two attached hydrogens (primary N) is 1. The molecule has 0 bridgehead atoms. The molecule has 0 amide bonds. The van der Waals surface area contributed by atoms with Gasteiger partial charge in [-0.15, -0.1) is 0 Å². The molecule has 1 aliphatic rings. The lowest BCUT2D eigenvalue weighted by atomic mass is 10.0. The van der Waals surface area contributed by atoms with Crippen LogP contribution in [0.5, 0.6) is 5.88 Å². The van der Waals surface area contributed by atoms with Crippen molar-refractivity contribution in [1.29, 1.82) is 0 Å². The third-order valence-electron chi connectivity index (χ3n) is 2.66. The predicted octanol–water partition coefficient (Wildman–Crippen LogP) is 1.04. The fourth-order valence-electron chi connectivity index (χ4n) is 1.79. The van der Waals surface area contributed by atoms with E-state index in [1.807, 2.05) is 6.07 Å². The molecular formula is C11H17N3O. The van der Waals surface area contributed by atoms with Crippen LogP contribution < -0.4 is 15.8 Å². The number of aromatic nitrogens is 1. The van der Waals surface area contributed by atoms with Gasteiger partial charge in [0, 0.05) is 18.7 Å². The number of ether oxygens (including phenoxy) is 1. The van der Waals surface area contributed by atoms with E-state index in [1.165, 1.54) is 12.8 Å². The predicted molar refractivity (Wildman–Crippen MR) is 59.7 cm³/mol. The number of nitrogens with zero attached hydrogens (tertiary/aromatic N) is 1. The minimum Gasteiger partial charge on any atom is -0.476 e. The quantitative estimate of drug-likeness (QED) is 0.777. The van der Waals surface area contributed by atoms with Gasteiger partial charge in [0.25, 0.3) is 0 Å². The highest BCUT2D eigenvalue weighted by Crippen LogP contribution is 2.18. The van der Waals surface area contributed by atoms with Gasteiger partial charge in [-0.25, -0.2) is 4.98 Å². The van der Waals surface area contributed by atoms with E-state index in [2.05, 4.69) is 10.3 Å². The lowest BCUT2D eigenvalue weighted by molar-refractivity contribution is 0.213. The first-order valence-electron chi connectivity index (χ1n) is 5.40. The molecule has 1 saturated heterocycles. The molecule has 0 saturated carbocycles. The molecule has 0 radical (unpaired) electrons. The second-order valence-corrected chi connectivity index (χ2v) is 3.92. The second-order valence-electron chi connectivity index (χ2n) is 3.92. The molecule has 0 aromatic carbocycles. The minimum atomic E-state index is 0.558. The van der Waals surface area contributed by atoms with Gasteiger partial charge in [-0.05, 0) is 31.5 Å². The molecule has 1 aromatic rings. The summed E-state index contributed by atoms with van der Waals surface area (Å²) < 4.78 is 5.60. The van der Waals surface area contributed by atoms with Crippen LogP contribution in [0.4, 0.5) is 5.69 Å². The number of pyridine rings is 1. The van der Waals surface area contributed by atoms with Crippen molar-refractivity contribution in [3.8, 4) is 5.88 Å². The SMILES string of the molecule is Nc1cccnc1OCC1CCCNC1. The topological polar surface area (TPSA) is 60.2 Å². The summed E-state index contributed by atoms with van der Waals surface area (Å²) in [5, 5.41) is 3.35. The van der Waals surface area contributed by atoms with Crippen LogP contribution in [0.3, 0.4) is 0 Å².